The molecule has 0 aliphatic carbocycles. The molecule has 106 valence electrons. The molecule has 0 saturated carbocycles. The molecule has 0 unspecified atom stereocenters. The Morgan fingerprint density at radius 2 is 1.95 bits per heavy atom. The molecule has 3 rings (SSSR count). The third kappa shape index (κ3) is 2.91. The molecule has 1 aliphatic rings. The van der Waals surface area contributed by atoms with E-state index in [0.29, 0.717) is 17.8 Å². The van der Waals surface area contributed by atoms with Gasteiger partial charge in [0.25, 0.3) is 5.91 Å². The maximum absolute atomic E-state index is 12.3. The second kappa shape index (κ2) is 5.75. The maximum Gasteiger partial charge on any atom is 0.254 e. The summed E-state index contributed by atoms with van der Waals surface area (Å²) in [4.78, 5) is 29.8. The number of pyridine rings is 1. The lowest BCUT2D eigenvalue weighted by Gasteiger charge is -2.27. The molecular weight excluding hydrogens is 266 g/mol. The maximum atomic E-state index is 12.3. The van der Waals surface area contributed by atoms with Crippen LogP contribution in [-0.4, -0.2) is 34.8 Å². The normalized spacial score (nSPS) is 13.7. The van der Waals surface area contributed by atoms with E-state index in [-0.39, 0.29) is 18.4 Å². The van der Waals surface area contributed by atoms with Gasteiger partial charge in [-0.2, -0.15) is 0 Å². The number of hydrogen-bond donors (Lipinski definition) is 1. The van der Waals surface area contributed by atoms with Crippen LogP contribution in [0, 0.1) is 0 Å². The van der Waals surface area contributed by atoms with E-state index in [2.05, 4.69) is 10.3 Å². The van der Waals surface area contributed by atoms with Gasteiger partial charge in [0.15, 0.2) is 0 Å². The zero-order valence-electron chi connectivity index (χ0n) is 11.5. The Morgan fingerprint density at radius 3 is 2.76 bits per heavy atom. The van der Waals surface area contributed by atoms with Gasteiger partial charge in [0.05, 0.1) is 0 Å². The highest BCUT2D eigenvalue weighted by Gasteiger charge is 2.25. The predicted octanol–water partition coefficient (Wildman–Crippen LogP) is 1.72. The second-order valence-electron chi connectivity index (χ2n) is 4.92. The summed E-state index contributed by atoms with van der Waals surface area (Å²) < 4.78 is 0. The van der Waals surface area contributed by atoms with Crippen LogP contribution in [0.25, 0.3) is 0 Å². The molecule has 1 aromatic carbocycles. The van der Waals surface area contributed by atoms with E-state index in [1.807, 2.05) is 24.3 Å². The van der Waals surface area contributed by atoms with E-state index < -0.39 is 0 Å². The minimum absolute atomic E-state index is 0.0650. The molecular formula is C16H15N3O2. The number of benzene rings is 1. The zero-order valence-corrected chi connectivity index (χ0v) is 11.5. The van der Waals surface area contributed by atoms with Gasteiger partial charge in [0, 0.05) is 30.2 Å². The summed E-state index contributed by atoms with van der Waals surface area (Å²) in [6.07, 6.45) is 4.00. The van der Waals surface area contributed by atoms with Gasteiger partial charge in [-0.25, -0.2) is 0 Å². The van der Waals surface area contributed by atoms with Crippen LogP contribution in [0.1, 0.15) is 15.9 Å². The van der Waals surface area contributed by atoms with E-state index in [0.717, 1.165) is 12.0 Å². The van der Waals surface area contributed by atoms with E-state index in [9.17, 15) is 9.59 Å². The molecule has 21 heavy (non-hydrogen) atoms. The molecule has 0 fully saturated rings. The number of amides is 2. The highest BCUT2D eigenvalue weighted by atomic mass is 16.2. The van der Waals surface area contributed by atoms with Gasteiger partial charge in [-0.3, -0.25) is 14.6 Å². The summed E-state index contributed by atoms with van der Waals surface area (Å²) in [6.45, 7) is 0.634. The number of fused-ring (bicyclic) bond motifs is 1. The van der Waals surface area contributed by atoms with Crippen molar-refractivity contribution in [2.75, 3.05) is 18.4 Å². The predicted molar refractivity (Wildman–Crippen MR) is 78.9 cm³/mol. The van der Waals surface area contributed by atoms with Crippen LogP contribution in [0.2, 0.25) is 0 Å². The first-order valence-corrected chi connectivity index (χ1v) is 6.81. The van der Waals surface area contributed by atoms with Gasteiger partial charge in [-0.1, -0.05) is 18.2 Å². The summed E-state index contributed by atoms with van der Waals surface area (Å²) in [5.74, 6) is -0.282. The summed E-state index contributed by atoms with van der Waals surface area (Å²) >= 11 is 0. The van der Waals surface area contributed by atoms with Crippen molar-refractivity contribution in [2.45, 2.75) is 6.42 Å². The molecule has 0 saturated heterocycles. The Labute approximate surface area is 122 Å². The molecule has 2 aromatic rings. The van der Waals surface area contributed by atoms with Crippen LogP contribution >= 0.6 is 0 Å². The van der Waals surface area contributed by atoms with Gasteiger partial charge in [0.2, 0.25) is 5.91 Å². The van der Waals surface area contributed by atoms with Gasteiger partial charge >= 0.3 is 0 Å². The number of carbonyl (C=O) groups excluding carboxylic acids is 2. The fourth-order valence-electron chi connectivity index (χ4n) is 2.43. The Balaban J connectivity index is 1.66. The lowest BCUT2D eigenvalue weighted by molar-refractivity contribution is -0.116. The standard InChI is InChI=1S/C16H15N3O2/c20-15(18-13-5-8-17-9-6-13)11-19-10-7-12-3-1-2-4-14(12)16(19)21/h1-6,8-9H,7,10-11H2,(H,17,18,20). The Hall–Kier alpha value is -2.69. The number of aromatic nitrogens is 1. The van der Waals surface area contributed by atoms with Crippen molar-refractivity contribution >= 4 is 17.5 Å². The first-order valence-electron chi connectivity index (χ1n) is 6.81. The van der Waals surface area contributed by atoms with Crippen LogP contribution in [0.3, 0.4) is 0 Å². The van der Waals surface area contributed by atoms with Crippen molar-refractivity contribution in [2.24, 2.45) is 0 Å². The van der Waals surface area contributed by atoms with Crippen LogP contribution in [0.5, 0.6) is 0 Å². The highest BCUT2D eigenvalue weighted by molar-refractivity contribution is 6.00. The minimum Gasteiger partial charge on any atom is -0.329 e. The molecule has 0 spiro atoms. The lowest BCUT2D eigenvalue weighted by Crippen LogP contribution is -2.42. The summed E-state index contributed by atoms with van der Waals surface area (Å²) in [6, 6.07) is 11.0. The van der Waals surface area contributed by atoms with Crippen LogP contribution in [-0.2, 0) is 11.2 Å². The van der Waals surface area contributed by atoms with Crippen molar-refractivity contribution in [1.82, 2.24) is 9.88 Å². The molecule has 0 radical (unpaired) electrons. The number of nitrogens with one attached hydrogen (secondary N) is 1. The number of carbonyl (C=O) groups is 2. The quantitative estimate of drug-likeness (QED) is 0.931. The monoisotopic (exact) mass is 281 g/mol. The SMILES string of the molecule is O=C(CN1CCc2ccccc2C1=O)Nc1ccncc1. The molecule has 5 heteroatoms. The molecule has 2 heterocycles. The summed E-state index contributed by atoms with van der Waals surface area (Å²) in [5.41, 5.74) is 2.42. The molecule has 2 amide bonds. The average Bonchev–Trinajstić information content (AvgIpc) is 2.51. The van der Waals surface area contributed by atoms with E-state index in [4.69, 9.17) is 0 Å². The molecule has 1 aromatic heterocycles. The van der Waals surface area contributed by atoms with Crippen molar-refractivity contribution in [3.63, 3.8) is 0 Å². The lowest BCUT2D eigenvalue weighted by atomic mass is 9.99. The van der Waals surface area contributed by atoms with Gasteiger partial charge in [-0.15, -0.1) is 0 Å². The first kappa shape index (κ1) is 13.3. The van der Waals surface area contributed by atoms with E-state index in [1.165, 1.54) is 0 Å². The average molecular weight is 281 g/mol. The van der Waals surface area contributed by atoms with Crippen molar-refractivity contribution in [1.29, 1.82) is 0 Å². The van der Waals surface area contributed by atoms with Crippen LogP contribution < -0.4 is 5.32 Å². The van der Waals surface area contributed by atoms with E-state index >= 15 is 0 Å². The first-order chi connectivity index (χ1) is 10.2. The number of nitrogens with zero attached hydrogens (tertiary/aromatic N) is 2. The smallest absolute Gasteiger partial charge is 0.254 e. The van der Waals surface area contributed by atoms with Gasteiger partial charge < -0.3 is 10.2 Å². The summed E-state index contributed by atoms with van der Waals surface area (Å²) in [7, 11) is 0. The number of rotatable bonds is 3. The minimum atomic E-state index is -0.200. The third-order valence-electron chi connectivity index (χ3n) is 3.48. The molecule has 5 nitrogen and oxygen atoms in total. The topological polar surface area (TPSA) is 62.3 Å². The number of hydrogen-bond acceptors (Lipinski definition) is 3. The Morgan fingerprint density at radius 1 is 1.19 bits per heavy atom. The zero-order chi connectivity index (χ0) is 14.7. The summed E-state index contributed by atoms with van der Waals surface area (Å²) in [5, 5.41) is 2.76. The molecule has 1 aliphatic heterocycles. The highest BCUT2D eigenvalue weighted by Crippen LogP contribution is 2.18. The third-order valence-corrected chi connectivity index (χ3v) is 3.48. The van der Waals surface area contributed by atoms with Crippen molar-refractivity contribution in [3.8, 4) is 0 Å². The second-order valence-corrected chi connectivity index (χ2v) is 4.92. The van der Waals surface area contributed by atoms with Gasteiger partial charge in [0.1, 0.15) is 6.54 Å². The fraction of sp³-hybridized carbons (Fsp3) is 0.188. The number of anilines is 1. The largest absolute Gasteiger partial charge is 0.329 e. The molecule has 0 atom stereocenters. The fourth-order valence-corrected chi connectivity index (χ4v) is 2.43. The Kier molecular flexibility index (Phi) is 3.64. The van der Waals surface area contributed by atoms with Crippen LogP contribution in [0.15, 0.2) is 48.8 Å². The molecule has 0 bridgehead atoms. The van der Waals surface area contributed by atoms with Crippen molar-refractivity contribution in [3.05, 3.63) is 59.9 Å². The molecule has 1 N–H and O–H groups in total. The van der Waals surface area contributed by atoms with E-state index in [1.54, 1.807) is 29.4 Å². The van der Waals surface area contributed by atoms with Gasteiger partial charge in [-0.05, 0) is 30.2 Å². The Bertz CT molecular complexity index is 670. The van der Waals surface area contributed by atoms with Crippen molar-refractivity contribution < 1.29 is 9.59 Å². The van der Waals surface area contributed by atoms with Crippen LogP contribution in [0.4, 0.5) is 5.69 Å².